The van der Waals surface area contributed by atoms with Gasteiger partial charge in [-0.3, -0.25) is 14.3 Å². The molecule has 35 heavy (non-hydrogen) atoms. The summed E-state index contributed by atoms with van der Waals surface area (Å²) in [5.41, 5.74) is 4.13. The molecular weight excluding hydrogens is 458 g/mol. The number of benzene rings is 2. The zero-order valence-corrected chi connectivity index (χ0v) is 21.0. The first-order chi connectivity index (χ1) is 17.1. The molecule has 0 saturated carbocycles. The van der Waals surface area contributed by atoms with Crippen molar-refractivity contribution in [2.24, 2.45) is 0 Å². The Morgan fingerprint density at radius 1 is 1.00 bits per heavy atom. The predicted molar refractivity (Wildman–Crippen MR) is 139 cm³/mol. The number of amides is 1. The molecule has 4 rings (SSSR count). The highest BCUT2D eigenvalue weighted by atomic mass is 32.2. The second kappa shape index (κ2) is 11.7. The lowest BCUT2D eigenvalue weighted by Gasteiger charge is -2.22. The topological polar surface area (TPSA) is 73.1 Å². The number of thioether (sulfide) groups is 1. The molecule has 0 saturated heterocycles. The molecule has 0 unspecified atom stereocenters. The van der Waals surface area contributed by atoms with Gasteiger partial charge in [0.05, 0.1) is 12.9 Å². The van der Waals surface area contributed by atoms with E-state index in [0.717, 1.165) is 29.0 Å². The molecule has 8 heteroatoms. The SMILES string of the molecule is CCCN(Cc1ccc(C)cc1)C(=O)CSc1nnc(-c2ccncc2)n1-c1ccc(OC)cc1. The van der Waals surface area contributed by atoms with Gasteiger partial charge in [-0.1, -0.05) is 48.5 Å². The van der Waals surface area contributed by atoms with Crippen LogP contribution in [0, 0.1) is 6.92 Å². The Bertz CT molecular complexity index is 1240. The number of carbonyl (C=O) groups excluding carboxylic acids is 1. The van der Waals surface area contributed by atoms with Gasteiger partial charge in [0.15, 0.2) is 11.0 Å². The largest absolute Gasteiger partial charge is 0.497 e. The lowest BCUT2D eigenvalue weighted by molar-refractivity contribution is -0.129. The molecule has 0 fully saturated rings. The zero-order chi connectivity index (χ0) is 24.6. The Morgan fingerprint density at radius 3 is 2.37 bits per heavy atom. The lowest BCUT2D eigenvalue weighted by Crippen LogP contribution is -2.32. The van der Waals surface area contributed by atoms with E-state index in [-0.39, 0.29) is 11.7 Å². The summed E-state index contributed by atoms with van der Waals surface area (Å²) in [6, 6.07) is 19.8. The van der Waals surface area contributed by atoms with Gasteiger partial charge in [-0.2, -0.15) is 0 Å². The highest BCUT2D eigenvalue weighted by Crippen LogP contribution is 2.29. The van der Waals surface area contributed by atoms with Crippen LogP contribution in [0.15, 0.2) is 78.2 Å². The van der Waals surface area contributed by atoms with Crippen molar-refractivity contribution in [1.29, 1.82) is 0 Å². The van der Waals surface area contributed by atoms with Crippen LogP contribution >= 0.6 is 11.8 Å². The van der Waals surface area contributed by atoms with Gasteiger partial charge in [-0.15, -0.1) is 10.2 Å². The van der Waals surface area contributed by atoms with Crippen LogP contribution in [0.4, 0.5) is 0 Å². The van der Waals surface area contributed by atoms with E-state index in [1.807, 2.05) is 45.9 Å². The Labute approximate surface area is 210 Å². The van der Waals surface area contributed by atoms with E-state index in [1.54, 1.807) is 19.5 Å². The summed E-state index contributed by atoms with van der Waals surface area (Å²) in [5, 5.41) is 9.54. The van der Waals surface area contributed by atoms with E-state index in [0.29, 0.717) is 24.1 Å². The summed E-state index contributed by atoms with van der Waals surface area (Å²) >= 11 is 1.39. The third-order valence-corrected chi connectivity index (χ3v) is 6.48. The van der Waals surface area contributed by atoms with Crippen LogP contribution in [0.25, 0.3) is 17.1 Å². The fourth-order valence-corrected chi connectivity index (χ4v) is 4.56. The summed E-state index contributed by atoms with van der Waals surface area (Å²) in [7, 11) is 1.64. The van der Waals surface area contributed by atoms with E-state index in [9.17, 15) is 4.79 Å². The highest BCUT2D eigenvalue weighted by Gasteiger charge is 2.20. The molecule has 2 aromatic carbocycles. The third kappa shape index (κ3) is 6.08. The molecule has 180 valence electrons. The minimum atomic E-state index is 0.0761. The fraction of sp³-hybridized carbons (Fsp3) is 0.259. The molecule has 0 radical (unpaired) electrons. The van der Waals surface area contributed by atoms with Crippen LogP contribution in [-0.4, -0.2) is 50.0 Å². The van der Waals surface area contributed by atoms with Crippen LogP contribution in [0.1, 0.15) is 24.5 Å². The van der Waals surface area contributed by atoms with Crippen molar-refractivity contribution in [2.45, 2.75) is 32.0 Å². The molecule has 1 amide bonds. The number of methoxy groups -OCH3 is 1. The Kier molecular flexibility index (Phi) is 8.15. The van der Waals surface area contributed by atoms with Gasteiger partial charge in [0, 0.05) is 36.7 Å². The molecule has 0 aliphatic rings. The molecule has 2 aromatic heterocycles. The van der Waals surface area contributed by atoms with E-state index < -0.39 is 0 Å². The number of ether oxygens (including phenoxy) is 1. The van der Waals surface area contributed by atoms with Crippen LogP contribution in [-0.2, 0) is 11.3 Å². The maximum absolute atomic E-state index is 13.2. The number of rotatable bonds is 10. The van der Waals surface area contributed by atoms with E-state index in [4.69, 9.17) is 4.74 Å². The van der Waals surface area contributed by atoms with Gasteiger partial charge in [0.25, 0.3) is 0 Å². The van der Waals surface area contributed by atoms with E-state index in [1.165, 1.54) is 17.3 Å². The molecule has 0 aliphatic heterocycles. The summed E-state index contributed by atoms with van der Waals surface area (Å²) in [4.78, 5) is 19.2. The maximum Gasteiger partial charge on any atom is 0.233 e. The Hall–Kier alpha value is -3.65. The number of carbonyl (C=O) groups is 1. The van der Waals surface area contributed by atoms with Crippen molar-refractivity contribution in [3.63, 3.8) is 0 Å². The fourth-order valence-electron chi connectivity index (χ4n) is 3.71. The molecule has 0 bridgehead atoms. The van der Waals surface area contributed by atoms with Crippen LogP contribution in [0.2, 0.25) is 0 Å². The zero-order valence-electron chi connectivity index (χ0n) is 20.2. The second-order valence-corrected chi connectivity index (χ2v) is 9.11. The molecular formula is C27H29N5O2S. The summed E-state index contributed by atoms with van der Waals surface area (Å²) in [6.45, 7) is 5.46. The van der Waals surface area contributed by atoms with Gasteiger partial charge < -0.3 is 9.64 Å². The number of aryl methyl sites for hydroxylation is 1. The summed E-state index contributed by atoms with van der Waals surface area (Å²) in [5.74, 6) is 1.81. The first kappa shape index (κ1) is 24.5. The van der Waals surface area contributed by atoms with E-state index >= 15 is 0 Å². The van der Waals surface area contributed by atoms with Gasteiger partial charge in [0.2, 0.25) is 5.91 Å². The van der Waals surface area contributed by atoms with Gasteiger partial charge in [0.1, 0.15) is 5.75 Å². The quantitative estimate of drug-likeness (QED) is 0.287. The third-order valence-electron chi connectivity index (χ3n) is 5.57. The van der Waals surface area contributed by atoms with Gasteiger partial charge >= 0.3 is 0 Å². The van der Waals surface area contributed by atoms with Crippen LogP contribution in [0.5, 0.6) is 5.75 Å². The van der Waals surface area contributed by atoms with Crippen molar-refractivity contribution >= 4 is 17.7 Å². The molecule has 4 aromatic rings. The number of aromatic nitrogens is 4. The van der Waals surface area contributed by atoms with E-state index in [2.05, 4.69) is 53.3 Å². The molecule has 2 heterocycles. The summed E-state index contributed by atoms with van der Waals surface area (Å²) < 4.78 is 7.28. The predicted octanol–water partition coefficient (Wildman–Crippen LogP) is 5.18. The number of nitrogens with zero attached hydrogens (tertiary/aromatic N) is 5. The summed E-state index contributed by atoms with van der Waals surface area (Å²) in [6.07, 6.45) is 4.36. The average molecular weight is 488 g/mol. The van der Waals surface area contributed by atoms with Crippen LogP contribution in [0.3, 0.4) is 0 Å². The minimum Gasteiger partial charge on any atom is -0.497 e. The van der Waals surface area contributed by atoms with Crippen molar-refractivity contribution in [1.82, 2.24) is 24.6 Å². The van der Waals surface area contributed by atoms with Crippen LogP contribution < -0.4 is 4.74 Å². The standard InChI is InChI=1S/C27H29N5O2S/c1-4-17-31(18-21-7-5-20(2)6-8-21)25(33)19-35-27-30-29-26(22-13-15-28-16-14-22)32(27)23-9-11-24(34-3)12-10-23/h5-16H,4,17-19H2,1-3H3. The number of hydrogen-bond acceptors (Lipinski definition) is 6. The molecule has 0 aliphatic carbocycles. The molecule has 7 nitrogen and oxygen atoms in total. The van der Waals surface area contributed by atoms with Crippen molar-refractivity contribution in [3.8, 4) is 22.8 Å². The second-order valence-electron chi connectivity index (χ2n) is 8.17. The number of pyridine rings is 1. The van der Waals surface area contributed by atoms with Gasteiger partial charge in [-0.25, -0.2) is 0 Å². The highest BCUT2D eigenvalue weighted by molar-refractivity contribution is 7.99. The lowest BCUT2D eigenvalue weighted by atomic mass is 10.1. The molecule has 0 N–H and O–H groups in total. The number of hydrogen-bond donors (Lipinski definition) is 0. The normalized spacial score (nSPS) is 10.8. The first-order valence-corrected chi connectivity index (χ1v) is 12.5. The minimum absolute atomic E-state index is 0.0761. The monoisotopic (exact) mass is 487 g/mol. The van der Waals surface area contributed by atoms with Crippen molar-refractivity contribution in [3.05, 3.63) is 84.2 Å². The smallest absolute Gasteiger partial charge is 0.233 e. The van der Waals surface area contributed by atoms with Crippen molar-refractivity contribution < 1.29 is 9.53 Å². The van der Waals surface area contributed by atoms with Gasteiger partial charge in [-0.05, 0) is 55.3 Å². The Balaban J connectivity index is 1.57. The Morgan fingerprint density at radius 2 is 1.71 bits per heavy atom. The first-order valence-electron chi connectivity index (χ1n) is 11.6. The maximum atomic E-state index is 13.2. The molecule has 0 atom stereocenters. The van der Waals surface area contributed by atoms with Crippen molar-refractivity contribution in [2.75, 3.05) is 19.4 Å². The molecule has 0 spiro atoms. The average Bonchev–Trinajstić information content (AvgIpc) is 3.33.